The molecule has 0 amide bonds. The van der Waals surface area contributed by atoms with Crippen molar-refractivity contribution in [2.75, 3.05) is 13.2 Å². The fourth-order valence-corrected chi connectivity index (χ4v) is 1.67. The van der Waals surface area contributed by atoms with Gasteiger partial charge in [0.25, 0.3) is 0 Å². The van der Waals surface area contributed by atoms with Crippen LogP contribution in [0.25, 0.3) is 0 Å². The molecule has 1 aromatic rings. The summed E-state index contributed by atoms with van der Waals surface area (Å²) in [5.74, 6) is -3.17. The first-order valence-corrected chi connectivity index (χ1v) is 6.94. The highest BCUT2D eigenvalue weighted by Gasteiger charge is 2.33. The third-order valence-corrected chi connectivity index (χ3v) is 2.79. The van der Waals surface area contributed by atoms with Gasteiger partial charge >= 0.3 is 17.8 Å². The Hall–Kier alpha value is -2.51. The minimum atomic E-state index is -1.29. The number of carbonyl (C=O) groups is 2. The SMILES string of the molecule is CCCCOC(=O)C(C(=O)OCC)c1ccc([N+](=O)[O-])nc1. The number of aromatic nitrogens is 1. The molecule has 1 aromatic heterocycles. The van der Waals surface area contributed by atoms with E-state index in [1.807, 2.05) is 6.92 Å². The Bertz CT molecular complexity index is 529. The Morgan fingerprint density at radius 2 is 1.95 bits per heavy atom. The van der Waals surface area contributed by atoms with E-state index < -0.39 is 22.8 Å². The number of unbranched alkanes of at least 4 members (excludes halogenated alkanes) is 1. The molecule has 0 bridgehead atoms. The summed E-state index contributed by atoms with van der Waals surface area (Å²) < 4.78 is 9.90. The van der Waals surface area contributed by atoms with Crippen molar-refractivity contribution in [2.24, 2.45) is 0 Å². The highest BCUT2D eigenvalue weighted by molar-refractivity contribution is 6.00. The molecule has 0 fully saturated rings. The van der Waals surface area contributed by atoms with Gasteiger partial charge in [-0.3, -0.25) is 9.59 Å². The highest BCUT2D eigenvalue weighted by atomic mass is 16.6. The summed E-state index contributed by atoms with van der Waals surface area (Å²) >= 11 is 0. The van der Waals surface area contributed by atoms with Crippen molar-refractivity contribution in [1.82, 2.24) is 4.98 Å². The predicted molar refractivity (Wildman–Crippen MR) is 76.1 cm³/mol. The lowest BCUT2D eigenvalue weighted by atomic mass is 10.0. The summed E-state index contributed by atoms with van der Waals surface area (Å²) in [5.41, 5.74) is 0.200. The van der Waals surface area contributed by atoms with Crippen LogP contribution in [0, 0.1) is 10.1 Å². The van der Waals surface area contributed by atoms with E-state index in [-0.39, 0.29) is 24.6 Å². The van der Waals surface area contributed by atoms with Crippen LogP contribution < -0.4 is 0 Å². The van der Waals surface area contributed by atoms with Gasteiger partial charge in [-0.25, -0.2) is 0 Å². The Kier molecular flexibility index (Phi) is 6.94. The van der Waals surface area contributed by atoms with E-state index in [1.165, 1.54) is 6.07 Å². The van der Waals surface area contributed by atoms with Crippen LogP contribution in [0.15, 0.2) is 18.3 Å². The molecule has 1 atom stereocenters. The van der Waals surface area contributed by atoms with Crippen molar-refractivity contribution in [3.8, 4) is 0 Å². The molecular formula is C14H18N2O6. The lowest BCUT2D eigenvalue weighted by Gasteiger charge is -2.14. The lowest BCUT2D eigenvalue weighted by Crippen LogP contribution is -2.26. The third kappa shape index (κ3) is 4.80. The van der Waals surface area contributed by atoms with Crippen molar-refractivity contribution in [1.29, 1.82) is 0 Å². The number of rotatable bonds is 8. The molecule has 0 aromatic carbocycles. The first kappa shape index (κ1) is 17.5. The Morgan fingerprint density at radius 3 is 2.45 bits per heavy atom. The molecule has 0 aliphatic heterocycles. The number of ether oxygens (including phenoxy) is 2. The van der Waals surface area contributed by atoms with Crippen LogP contribution in [0.1, 0.15) is 38.2 Å². The lowest BCUT2D eigenvalue weighted by molar-refractivity contribution is -0.389. The fraction of sp³-hybridized carbons (Fsp3) is 0.500. The van der Waals surface area contributed by atoms with Gasteiger partial charge in [-0.05, 0) is 29.3 Å². The molecule has 22 heavy (non-hydrogen) atoms. The zero-order chi connectivity index (χ0) is 16.5. The molecule has 0 spiro atoms. The summed E-state index contributed by atoms with van der Waals surface area (Å²) in [4.78, 5) is 37.5. The standard InChI is InChI=1S/C14H18N2O6/c1-3-5-8-22-14(18)12(13(17)21-4-2)10-6-7-11(15-9-10)16(19)20/h6-7,9,12H,3-5,8H2,1-2H3. The van der Waals surface area contributed by atoms with Gasteiger partial charge in [-0.1, -0.05) is 13.3 Å². The number of nitrogens with zero attached hydrogens (tertiary/aromatic N) is 2. The number of hydrogen-bond donors (Lipinski definition) is 0. The van der Waals surface area contributed by atoms with E-state index in [0.717, 1.165) is 18.7 Å². The van der Waals surface area contributed by atoms with Crippen LogP contribution in [0.4, 0.5) is 5.82 Å². The van der Waals surface area contributed by atoms with Crippen molar-refractivity contribution in [3.63, 3.8) is 0 Å². The van der Waals surface area contributed by atoms with E-state index in [1.54, 1.807) is 6.92 Å². The van der Waals surface area contributed by atoms with Gasteiger partial charge in [-0.2, -0.15) is 0 Å². The van der Waals surface area contributed by atoms with Crippen LogP contribution in [0.2, 0.25) is 0 Å². The van der Waals surface area contributed by atoms with E-state index in [4.69, 9.17) is 9.47 Å². The zero-order valence-electron chi connectivity index (χ0n) is 12.5. The first-order valence-electron chi connectivity index (χ1n) is 6.94. The quantitative estimate of drug-likeness (QED) is 0.237. The third-order valence-electron chi connectivity index (χ3n) is 2.79. The van der Waals surface area contributed by atoms with Crippen molar-refractivity contribution < 1.29 is 24.0 Å². The zero-order valence-corrected chi connectivity index (χ0v) is 12.5. The van der Waals surface area contributed by atoms with E-state index in [2.05, 4.69) is 4.98 Å². The number of esters is 2. The maximum atomic E-state index is 12.1. The molecule has 1 rings (SSSR count). The van der Waals surface area contributed by atoms with Gasteiger partial charge in [0.1, 0.15) is 6.20 Å². The second kappa shape index (κ2) is 8.71. The maximum Gasteiger partial charge on any atom is 0.363 e. The topological polar surface area (TPSA) is 109 Å². The van der Waals surface area contributed by atoms with Crippen molar-refractivity contribution in [2.45, 2.75) is 32.6 Å². The summed E-state index contributed by atoms with van der Waals surface area (Å²) in [7, 11) is 0. The van der Waals surface area contributed by atoms with E-state index >= 15 is 0 Å². The highest BCUT2D eigenvalue weighted by Crippen LogP contribution is 2.21. The van der Waals surface area contributed by atoms with Gasteiger partial charge < -0.3 is 19.6 Å². The number of hydrogen-bond acceptors (Lipinski definition) is 7. The Morgan fingerprint density at radius 1 is 1.27 bits per heavy atom. The maximum absolute atomic E-state index is 12.1. The molecule has 0 saturated carbocycles. The van der Waals surface area contributed by atoms with E-state index in [0.29, 0.717) is 6.42 Å². The predicted octanol–water partition coefficient (Wildman–Crippen LogP) is 1.98. The summed E-state index contributed by atoms with van der Waals surface area (Å²) in [6, 6.07) is 2.43. The van der Waals surface area contributed by atoms with Crippen LogP contribution in [-0.2, 0) is 19.1 Å². The van der Waals surface area contributed by atoms with Gasteiger partial charge in [-0.15, -0.1) is 0 Å². The summed E-state index contributed by atoms with van der Waals surface area (Å²) in [5, 5.41) is 10.6. The molecule has 0 radical (unpaired) electrons. The van der Waals surface area contributed by atoms with Gasteiger partial charge in [0, 0.05) is 11.6 Å². The van der Waals surface area contributed by atoms with Gasteiger partial charge in [0.15, 0.2) is 5.92 Å². The molecule has 0 aliphatic carbocycles. The number of carbonyl (C=O) groups excluding carboxylic acids is 2. The van der Waals surface area contributed by atoms with Crippen LogP contribution in [-0.4, -0.2) is 35.1 Å². The fourth-order valence-electron chi connectivity index (χ4n) is 1.67. The largest absolute Gasteiger partial charge is 0.465 e. The number of nitro groups is 1. The second-order valence-electron chi connectivity index (χ2n) is 4.41. The smallest absolute Gasteiger partial charge is 0.363 e. The Balaban J connectivity index is 2.96. The molecule has 1 heterocycles. The molecular weight excluding hydrogens is 292 g/mol. The van der Waals surface area contributed by atoms with Gasteiger partial charge in [0.2, 0.25) is 0 Å². The summed E-state index contributed by atoms with van der Waals surface area (Å²) in [6.07, 6.45) is 2.64. The van der Waals surface area contributed by atoms with E-state index in [9.17, 15) is 19.7 Å². The average Bonchev–Trinajstić information content (AvgIpc) is 2.48. The Labute approximate surface area is 127 Å². The average molecular weight is 310 g/mol. The molecule has 120 valence electrons. The van der Waals surface area contributed by atoms with Crippen molar-refractivity contribution >= 4 is 17.8 Å². The first-order chi connectivity index (χ1) is 10.5. The molecule has 1 unspecified atom stereocenters. The number of pyridine rings is 1. The molecule has 0 N–H and O–H groups in total. The monoisotopic (exact) mass is 310 g/mol. The van der Waals surface area contributed by atoms with Crippen LogP contribution >= 0.6 is 0 Å². The summed E-state index contributed by atoms with van der Waals surface area (Å²) in [6.45, 7) is 3.87. The molecule has 8 nitrogen and oxygen atoms in total. The van der Waals surface area contributed by atoms with Gasteiger partial charge in [0.05, 0.1) is 13.2 Å². The second-order valence-corrected chi connectivity index (χ2v) is 4.41. The minimum Gasteiger partial charge on any atom is -0.465 e. The minimum absolute atomic E-state index is 0.109. The molecule has 0 saturated heterocycles. The molecule has 0 aliphatic rings. The normalized spacial score (nSPS) is 11.5. The van der Waals surface area contributed by atoms with Crippen LogP contribution in [0.5, 0.6) is 0 Å². The van der Waals surface area contributed by atoms with Crippen molar-refractivity contribution in [3.05, 3.63) is 34.0 Å². The molecule has 8 heteroatoms. The van der Waals surface area contributed by atoms with Crippen LogP contribution in [0.3, 0.4) is 0 Å².